The van der Waals surface area contributed by atoms with Crippen LogP contribution in [0.2, 0.25) is 5.02 Å². The molecule has 1 aromatic carbocycles. The maximum atomic E-state index is 12.5. The highest BCUT2D eigenvalue weighted by atomic mass is 35.5. The van der Waals surface area contributed by atoms with Gasteiger partial charge in [0.05, 0.1) is 12.2 Å². The molecule has 2 heterocycles. The zero-order valence-corrected chi connectivity index (χ0v) is 16.4. The molecule has 0 spiro atoms. The van der Waals surface area contributed by atoms with E-state index in [1.54, 1.807) is 38.1 Å². The molecule has 1 saturated heterocycles. The number of carbonyl (C=O) groups is 2. The molecule has 0 unspecified atom stereocenters. The first-order valence-electron chi connectivity index (χ1n) is 9.04. The molecule has 1 fully saturated rings. The molecule has 2 aliphatic heterocycles. The summed E-state index contributed by atoms with van der Waals surface area (Å²) in [6.07, 6.45) is 0.556. The van der Waals surface area contributed by atoms with Gasteiger partial charge in [-0.2, -0.15) is 0 Å². The van der Waals surface area contributed by atoms with E-state index in [1.807, 2.05) is 6.92 Å². The van der Waals surface area contributed by atoms with Gasteiger partial charge >= 0.3 is 11.9 Å². The lowest BCUT2D eigenvalue weighted by Crippen LogP contribution is -2.32. The van der Waals surface area contributed by atoms with Crippen molar-refractivity contribution in [1.29, 1.82) is 0 Å². The normalized spacial score (nSPS) is 24.2. The molecule has 27 heavy (non-hydrogen) atoms. The number of unbranched alkanes of at least 4 members (excludes halogenated alkanes) is 1. The van der Waals surface area contributed by atoms with Crippen molar-refractivity contribution >= 4 is 29.1 Å². The topological polar surface area (TPSA) is 71.1 Å². The third-order valence-electron chi connectivity index (χ3n) is 4.42. The van der Waals surface area contributed by atoms with E-state index in [2.05, 4.69) is 0 Å². The van der Waals surface area contributed by atoms with Gasteiger partial charge in [-0.25, -0.2) is 4.79 Å². The van der Waals surface area contributed by atoms with Crippen molar-refractivity contribution in [3.8, 4) is 0 Å². The maximum absolute atomic E-state index is 12.5. The van der Waals surface area contributed by atoms with Crippen LogP contribution < -0.4 is 0 Å². The predicted octanol–water partition coefficient (Wildman–Crippen LogP) is 3.86. The summed E-state index contributed by atoms with van der Waals surface area (Å²) >= 11 is 5.98. The molecule has 2 atom stereocenters. The van der Waals surface area contributed by atoms with Gasteiger partial charge in [-0.15, -0.1) is 0 Å². The second kappa shape index (κ2) is 8.00. The highest BCUT2D eigenvalue weighted by Gasteiger charge is 2.47. The first kappa shape index (κ1) is 19.9. The average Bonchev–Trinajstić information content (AvgIpc) is 3.14. The SMILES string of the molecule is CCCCC(=O)OC1=C(c2ccc(Cl)cc2)[C@H]([C@@H]2COC(C)(C)O2)OC1=O. The number of rotatable bonds is 6. The Balaban J connectivity index is 1.95. The number of hydrogen-bond acceptors (Lipinski definition) is 6. The Kier molecular flexibility index (Phi) is 5.89. The third kappa shape index (κ3) is 4.51. The van der Waals surface area contributed by atoms with Crippen LogP contribution in [0.15, 0.2) is 30.0 Å². The second-order valence-corrected chi connectivity index (χ2v) is 7.46. The number of esters is 2. The van der Waals surface area contributed by atoms with E-state index >= 15 is 0 Å². The van der Waals surface area contributed by atoms with E-state index in [1.165, 1.54) is 0 Å². The van der Waals surface area contributed by atoms with Crippen molar-refractivity contribution < 1.29 is 28.5 Å². The Hall–Kier alpha value is -1.89. The van der Waals surface area contributed by atoms with Crippen molar-refractivity contribution in [2.45, 2.75) is 58.0 Å². The Labute approximate surface area is 163 Å². The summed E-state index contributed by atoms with van der Waals surface area (Å²) in [6, 6.07) is 6.92. The summed E-state index contributed by atoms with van der Waals surface area (Å²) in [5, 5.41) is 0.559. The molecule has 0 aliphatic carbocycles. The van der Waals surface area contributed by atoms with E-state index in [9.17, 15) is 9.59 Å². The summed E-state index contributed by atoms with van der Waals surface area (Å²) in [4.78, 5) is 24.6. The largest absolute Gasteiger partial charge is 0.449 e. The van der Waals surface area contributed by atoms with Crippen LogP contribution in [0.3, 0.4) is 0 Å². The predicted molar refractivity (Wildman–Crippen MR) is 98.8 cm³/mol. The minimum atomic E-state index is -0.775. The molecule has 0 amide bonds. The van der Waals surface area contributed by atoms with Gasteiger partial charge in [-0.05, 0) is 38.0 Å². The standard InChI is InChI=1S/C20H23ClO6/c1-4-5-6-15(22)25-18-16(12-7-9-13(21)10-8-12)17(26-19(18)23)14-11-24-20(2,3)27-14/h7-10,14,17H,4-6,11H2,1-3H3/t14-,17-/m0/s1. The second-order valence-electron chi connectivity index (χ2n) is 7.02. The highest BCUT2D eigenvalue weighted by Crippen LogP contribution is 2.39. The lowest BCUT2D eigenvalue weighted by Gasteiger charge is -2.22. The van der Waals surface area contributed by atoms with Crippen molar-refractivity contribution in [2.24, 2.45) is 0 Å². The summed E-state index contributed by atoms with van der Waals surface area (Å²) < 4.78 is 22.4. The van der Waals surface area contributed by atoms with Gasteiger partial charge in [0.2, 0.25) is 5.76 Å². The van der Waals surface area contributed by atoms with Gasteiger partial charge in [0.15, 0.2) is 11.9 Å². The fourth-order valence-corrected chi connectivity index (χ4v) is 3.23. The molecule has 0 bridgehead atoms. The molecule has 146 valence electrons. The molecule has 0 radical (unpaired) electrons. The van der Waals surface area contributed by atoms with Crippen molar-refractivity contribution in [2.75, 3.05) is 6.61 Å². The van der Waals surface area contributed by atoms with Crippen LogP contribution in [0.5, 0.6) is 0 Å². The number of hydrogen-bond donors (Lipinski definition) is 0. The number of benzene rings is 1. The smallest absolute Gasteiger partial charge is 0.375 e. The lowest BCUT2D eigenvalue weighted by molar-refractivity contribution is -0.162. The Bertz CT molecular complexity index is 752. The van der Waals surface area contributed by atoms with Crippen LogP contribution >= 0.6 is 11.6 Å². The molecule has 3 rings (SSSR count). The molecular weight excluding hydrogens is 372 g/mol. The van der Waals surface area contributed by atoms with Gasteiger partial charge in [0, 0.05) is 11.4 Å². The van der Waals surface area contributed by atoms with Crippen LogP contribution in [0.25, 0.3) is 5.57 Å². The monoisotopic (exact) mass is 394 g/mol. The molecule has 1 aromatic rings. The fraction of sp³-hybridized carbons (Fsp3) is 0.500. The van der Waals surface area contributed by atoms with E-state index in [4.69, 9.17) is 30.5 Å². The van der Waals surface area contributed by atoms with E-state index in [0.29, 0.717) is 22.6 Å². The van der Waals surface area contributed by atoms with E-state index < -0.39 is 29.9 Å². The van der Waals surface area contributed by atoms with Crippen LogP contribution in [0.1, 0.15) is 45.6 Å². The quantitative estimate of drug-likeness (QED) is 0.682. The van der Waals surface area contributed by atoms with Crippen LogP contribution in [0, 0.1) is 0 Å². The highest BCUT2D eigenvalue weighted by molar-refractivity contribution is 6.30. The van der Waals surface area contributed by atoms with E-state index in [0.717, 1.165) is 6.42 Å². The van der Waals surface area contributed by atoms with Crippen molar-refractivity contribution in [1.82, 2.24) is 0 Å². The van der Waals surface area contributed by atoms with Crippen molar-refractivity contribution in [3.05, 3.63) is 40.6 Å². The zero-order valence-electron chi connectivity index (χ0n) is 15.6. The van der Waals surface area contributed by atoms with Crippen molar-refractivity contribution in [3.63, 3.8) is 0 Å². The Morgan fingerprint density at radius 2 is 2.00 bits per heavy atom. The van der Waals surface area contributed by atoms with Gasteiger partial charge in [0.25, 0.3) is 0 Å². The first-order chi connectivity index (χ1) is 12.8. The number of carbonyl (C=O) groups excluding carboxylic acids is 2. The number of cyclic esters (lactones) is 1. The summed E-state index contributed by atoms with van der Waals surface area (Å²) in [5.41, 5.74) is 1.16. The lowest BCUT2D eigenvalue weighted by atomic mass is 9.97. The van der Waals surface area contributed by atoms with Gasteiger partial charge in [-0.1, -0.05) is 37.1 Å². The molecule has 0 aromatic heterocycles. The Morgan fingerprint density at radius 3 is 2.59 bits per heavy atom. The number of halogens is 1. The van der Waals surface area contributed by atoms with Crippen LogP contribution in [-0.2, 0) is 28.5 Å². The summed E-state index contributed by atoms with van der Waals surface area (Å²) in [6.45, 7) is 5.83. The zero-order chi connectivity index (χ0) is 19.6. The minimum Gasteiger partial charge on any atom is -0.449 e. The van der Waals surface area contributed by atoms with Gasteiger partial charge in [-0.3, -0.25) is 4.79 Å². The molecule has 7 heteroatoms. The summed E-state index contributed by atoms with van der Waals surface area (Å²) in [5.74, 6) is -2.00. The van der Waals surface area contributed by atoms with Gasteiger partial charge in [0.1, 0.15) is 6.10 Å². The van der Waals surface area contributed by atoms with Gasteiger partial charge < -0.3 is 18.9 Å². The number of ether oxygens (including phenoxy) is 4. The molecule has 0 saturated carbocycles. The third-order valence-corrected chi connectivity index (χ3v) is 4.67. The maximum Gasteiger partial charge on any atom is 0.375 e. The minimum absolute atomic E-state index is 0.0864. The molecule has 6 nitrogen and oxygen atoms in total. The Morgan fingerprint density at radius 1 is 1.30 bits per heavy atom. The molecule has 0 N–H and O–H groups in total. The van der Waals surface area contributed by atoms with Crippen LogP contribution in [0.4, 0.5) is 0 Å². The molecular formula is C20H23ClO6. The first-order valence-corrected chi connectivity index (χ1v) is 9.42. The average molecular weight is 395 g/mol. The van der Waals surface area contributed by atoms with Crippen LogP contribution in [-0.4, -0.2) is 36.5 Å². The van der Waals surface area contributed by atoms with E-state index in [-0.39, 0.29) is 18.8 Å². The molecule has 2 aliphatic rings. The summed E-state index contributed by atoms with van der Waals surface area (Å²) in [7, 11) is 0. The fourth-order valence-electron chi connectivity index (χ4n) is 3.10.